The van der Waals surface area contributed by atoms with Gasteiger partial charge in [-0.05, 0) is 60.5 Å². The van der Waals surface area contributed by atoms with Gasteiger partial charge in [-0.1, -0.05) is 12.1 Å². The number of hydrogen-bond donors (Lipinski definition) is 0. The molecule has 0 saturated heterocycles. The lowest BCUT2D eigenvalue weighted by Crippen LogP contribution is -2.34. The van der Waals surface area contributed by atoms with Gasteiger partial charge in [0.15, 0.2) is 0 Å². The van der Waals surface area contributed by atoms with Gasteiger partial charge in [-0.25, -0.2) is 4.39 Å². The summed E-state index contributed by atoms with van der Waals surface area (Å²) in [6.07, 6.45) is 3.28. The van der Waals surface area contributed by atoms with Crippen molar-refractivity contribution < 1.29 is 13.9 Å². The minimum Gasteiger partial charge on any atom is -0.494 e. The van der Waals surface area contributed by atoms with Gasteiger partial charge in [0.2, 0.25) is 0 Å². The molecule has 7 heteroatoms. The summed E-state index contributed by atoms with van der Waals surface area (Å²) in [6.45, 7) is 2.01. The zero-order valence-corrected chi connectivity index (χ0v) is 18.0. The van der Waals surface area contributed by atoms with Crippen molar-refractivity contribution in [2.75, 3.05) is 14.2 Å². The average Bonchev–Trinajstić information content (AvgIpc) is 2.80. The molecule has 2 aromatic carbocycles. The van der Waals surface area contributed by atoms with E-state index in [1.807, 2.05) is 24.3 Å². The van der Waals surface area contributed by atoms with Crippen LogP contribution in [0.5, 0.6) is 5.75 Å². The summed E-state index contributed by atoms with van der Waals surface area (Å²) in [6, 6.07) is 14.7. The second-order valence-corrected chi connectivity index (χ2v) is 7.51. The number of halogens is 1. The Morgan fingerprint density at radius 1 is 1.12 bits per heavy atom. The Morgan fingerprint density at radius 2 is 1.88 bits per heavy atom. The number of carbonyl (C=O) groups is 1. The van der Waals surface area contributed by atoms with Crippen LogP contribution < -0.4 is 10.3 Å². The van der Waals surface area contributed by atoms with Crippen LogP contribution in [0.15, 0.2) is 71.8 Å². The zero-order valence-electron chi connectivity index (χ0n) is 18.0. The number of amides is 1. The van der Waals surface area contributed by atoms with Crippen molar-refractivity contribution in [1.82, 2.24) is 14.5 Å². The van der Waals surface area contributed by atoms with Crippen LogP contribution in [0.4, 0.5) is 4.39 Å². The van der Waals surface area contributed by atoms with E-state index in [0.29, 0.717) is 22.5 Å². The fraction of sp³-hybridized carbons (Fsp3) is 0.160. The molecule has 0 radical (unpaired) electrons. The highest BCUT2D eigenvalue weighted by Gasteiger charge is 2.21. The first-order valence-electron chi connectivity index (χ1n) is 10.0. The minimum atomic E-state index is -0.449. The first kappa shape index (κ1) is 21.2. The number of ether oxygens (including phenoxy) is 1. The predicted octanol–water partition coefficient (Wildman–Crippen LogP) is 4.11. The van der Waals surface area contributed by atoms with Crippen LogP contribution >= 0.6 is 0 Å². The van der Waals surface area contributed by atoms with Crippen molar-refractivity contribution in [2.24, 2.45) is 0 Å². The largest absolute Gasteiger partial charge is 0.494 e. The van der Waals surface area contributed by atoms with Crippen LogP contribution in [0.25, 0.3) is 16.6 Å². The molecule has 32 heavy (non-hydrogen) atoms. The van der Waals surface area contributed by atoms with Gasteiger partial charge in [-0.3, -0.25) is 19.1 Å². The highest BCUT2D eigenvalue weighted by molar-refractivity contribution is 5.95. The van der Waals surface area contributed by atoms with E-state index in [9.17, 15) is 14.0 Å². The maximum atomic E-state index is 13.3. The van der Waals surface area contributed by atoms with Crippen LogP contribution in [0, 0.1) is 12.7 Å². The van der Waals surface area contributed by atoms with Gasteiger partial charge >= 0.3 is 0 Å². The molecule has 0 N–H and O–H groups in total. The lowest BCUT2D eigenvalue weighted by Gasteiger charge is -2.20. The van der Waals surface area contributed by atoms with Crippen LogP contribution in [-0.2, 0) is 6.54 Å². The van der Waals surface area contributed by atoms with E-state index in [1.54, 1.807) is 39.5 Å². The first-order chi connectivity index (χ1) is 15.4. The normalized spacial score (nSPS) is 10.9. The van der Waals surface area contributed by atoms with Crippen molar-refractivity contribution in [2.45, 2.75) is 13.5 Å². The van der Waals surface area contributed by atoms with E-state index < -0.39 is 17.3 Å². The fourth-order valence-electron chi connectivity index (χ4n) is 3.72. The van der Waals surface area contributed by atoms with Crippen molar-refractivity contribution in [3.8, 4) is 11.4 Å². The summed E-state index contributed by atoms with van der Waals surface area (Å²) in [4.78, 5) is 32.4. The number of hydrogen-bond acceptors (Lipinski definition) is 4. The molecule has 6 nitrogen and oxygen atoms in total. The van der Waals surface area contributed by atoms with E-state index in [0.717, 1.165) is 10.9 Å². The van der Waals surface area contributed by atoms with E-state index in [1.165, 1.54) is 33.7 Å². The van der Waals surface area contributed by atoms with Crippen molar-refractivity contribution in [1.29, 1.82) is 0 Å². The van der Waals surface area contributed by atoms with Crippen LogP contribution in [-0.4, -0.2) is 34.5 Å². The molecule has 162 valence electrons. The lowest BCUT2D eigenvalue weighted by molar-refractivity contribution is 0.0782. The molecule has 0 aliphatic rings. The standard InChI is InChI=1S/C25H22FN3O3/c1-16-12-14-29(19-9-7-18(26)8-10-19)25(31)22(16)24(30)28(2)15-17-6-11-21(32-3)23-20(17)5-4-13-27-23/h4-14H,15H2,1-3H3. The average molecular weight is 431 g/mol. The van der Waals surface area contributed by atoms with Gasteiger partial charge in [-0.15, -0.1) is 0 Å². The molecule has 2 aromatic heterocycles. The third-order valence-electron chi connectivity index (χ3n) is 5.42. The van der Waals surface area contributed by atoms with E-state index in [-0.39, 0.29) is 12.1 Å². The smallest absolute Gasteiger partial charge is 0.268 e. The van der Waals surface area contributed by atoms with E-state index in [4.69, 9.17) is 4.74 Å². The molecule has 1 amide bonds. The molecule has 0 saturated carbocycles. The van der Waals surface area contributed by atoms with Gasteiger partial charge in [0.05, 0.1) is 7.11 Å². The molecule has 0 aliphatic carbocycles. The number of aromatic nitrogens is 2. The van der Waals surface area contributed by atoms with Gasteiger partial charge in [0, 0.05) is 37.1 Å². The minimum absolute atomic E-state index is 0.0790. The second-order valence-electron chi connectivity index (χ2n) is 7.51. The van der Waals surface area contributed by atoms with Gasteiger partial charge in [-0.2, -0.15) is 0 Å². The Bertz CT molecular complexity index is 1360. The van der Waals surface area contributed by atoms with Crippen molar-refractivity contribution >= 4 is 16.8 Å². The molecule has 0 bridgehead atoms. The molecule has 0 aliphatic heterocycles. The fourth-order valence-corrected chi connectivity index (χ4v) is 3.72. The maximum absolute atomic E-state index is 13.3. The SMILES string of the molecule is COc1ccc(CN(C)C(=O)c2c(C)ccn(-c3ccc(F)cc3)c2=O)c2cccnc12. The predicted molar refractivity (Wildman–Crippen MR) is 121 cm³/mol. The molecule has 0 fully saturated rings. The number of aryl methyl sites for hydroxylation is 1. The molecule has 4 aromatic rings. The third-order valence-corrected chi connectivity index (χ3v) is 5.42. The molecular weight excluding hydrogens is 409 g/mol. The molecule has 2 heterocycles. The summed E-state index contributed by atoms with van der Waals surface area (Å²) >= 11 is 0. The van der Waals surface area contributed by atoms with Gasteiger partial charge in [0.25, 0.3) is 11.5 Å². The Balaban J connectivity index is 1.70. The number of nitrogens with zero attached hydrogens (tertiary/aromatic N) is 3. The second kappa shape index (κ2) is 8.63. The summed E-state index contributed by atoms with van der Waals surface area (Å²) in [5.74, 6) is -0.137. The Hall–Kier alpha value is -4.00. The number of rotatable bonds is 5. The molecule has 4 rings (SSSR count). The summed E-state index contributed by atoms with van der Waals surface area (Å²) in [7, 11) is 3.24. The Labute approximate surface area is 184 Å². The highest BCUT2D eigenvalue weighted by atomic mass is 19.1. The van der Waals surface area contributed by atoms with Gasteiger partial charge < -0.3 is 9.64 Å². The molecule has 0 atom stereocenters. The summed E-state index contributed by atoms with van der Waals surface area (Å²) in [5.41, 5.74) is 2.29. The number of fused-ring (bicyclic) bond motifs is 1. The first-order valence-corrected chi connectivity index (χ1v) is 10.0. The van der Waals surface area contributed by atoms with Crippen LogP contribution in [0.2, 0.25) is 0 Å². The number of benzene rings is 2. The molecule has 0 unspecified atom stereocenters. The summed E-state index contributed by atoms with van der Waals surface area (Å²) < 4.78 is 20.0. The lowest BCUT2D eigenvalue weighted by atomic mass is 10.1. The number of methoxy groups -OCH3 is 1. The van der Waals surface area contributed by atoms with Crippen molar-refractivity contribution in [3.05, 3.63) is 99.9 Å². The van der Waals surface area contributed by atoms with Crippen LogP contribution in [0.1, 0.15) is 21.5 Å². The molecular formula is C25H22FN3O3. The van der Waals surface area contributed by atoms with Crippen molar-refractivity contribution in [3.63, 3.8) is 0 Å². The maximum Gasteiger partial charge on any atom is 0.268 e. The Morgan fingerprint density at radius 3 is 2.59 bits per heavy atom. The molecule has 0 spiro atoms. The zero-order chi connectivity index (χ0) is 22.8. The highest BCUT2D eigenvalue weighted by Crippen LogP contribution is 2.27. The van der Waals surface area contributed by atoms with Gasteiger partial charge in [0.1, 0.15) is 22.6 Å². The van der Waals surface area contributed by atoms with E-state index >= 15 is 0 Å². The number of carbonyl (C=O) groups excluding carboxylic acids is 1. The van der Waals surface area contributed by atoms with Crippen LogP contribution in [0.3, 0.4) is 0 Å². The third kappa shape index (κ3) is 3.85. The monoisotopic (exact) mass is 431 g/mol. The summed E-state index contributed by atoms with van der Waals surface area (Å²) in [5, 5.41) is 0.875. The topological polar surface area (TPSA) is 64.4 Å². The van der Waals surface area contributed by atoms with E-state index in [2.05, 4.69) is 4.98 Å². The quantitative estimate of drug-likeness (QED) is 0.477. The number of pyridine rings is 2. The Kier molecular flexibility index (Phi) is 5.73.